The number of fused-ring (bicyclic) bond motifs is 1. The summed E-state index contributed by atoms with van der Waals surface area (Å²) in [4.78, 5) is 25.4. The van der Waals surface area contributed by atoms with Crippen molar-refractivity contribution in [2.45, 2.75) is 18.9 Å². The number of nitrogens with zero attached hydrogens (tertiary/aromatic N) is 1. The monoisotopic (exact) mass is 325 g/mol. The molecule has 124 valence electrons. The van der Waals surface area contributed by atoms with Gasteiger partial charge in [0, 0.05) is 19.2 Å². The van der Waals surface area contributed by atoms with E-state index in [1.165, 1.54) is 0 Å². The molecule has 1 aliphatic rings. The number of hydrogen-bond acceptors (Lipinski definition) is 3. The molecule has 1 heterocycles. The molecule has 0 aromatic heterocycles. The van der Waals surface area contributed by atoms with Gasteiger partial charge in [0.15, 0.2) is 0 Å². The van der Waals surface area contributed by atoms with E-state index in [0.717, 1.165) is 16.9 Å². The Balaban J connectivity index is 1.72. The Morgan fingerprint density at radius 3 is 2.58 bits per heavy atom. The number of carbonyl (C=O) groups excluding carboxylic acids is 1. The fraction of sp³-hybridized carbons (Fsp3) is 0.263. The smallest absolute Gasteiger partial charge is 0.335 e. The summed E-state index contributed by atoms with van der Waals surface area (Å²) in [7, 11) is 1.77. The van der Waals surface area contributed by atoms with E-state index in [9.17, 15) is 9.59 Å². The van der Waals surface area contributed by atoms with E-state index in [1.54, 1.807) is 36.2 Å². The first-order valence-electron chi connectivity index (χ1n) is 7.85. The van der Waals surface area contributed by atoms with Gasteiger partial charge in [-0.05, 0) is 30.2 Å². The van der Waals surface area contributed by atoms with Crippen molar-refractivity contribution in [2.75, 3.05) is 13.7 Å². The molecule has 3 rings (SSSR count). The number of ether oxygens (including phenoxy) is 1. The van der Waals surface area contributed by atoms with Crippen molar-refractivity contribution in [3.63, 3.8) is 0 Å². The summed E-state index contributed by atoms with van der Waals surface area (Å²) in [5, 5.41) is 8.93. The zero-order chi connectivity index (χ0) is 17.1. The maximum atomic E-state index is 12.8. The van der Waals surface area contributed by atoms with Gasteiger partial charge < -0.3 is 14.7 Å². The van der Waals surface area contributed by atoms with Gasteiger partial charge in [-0.2, -0.15) is 0 Å². The molecule has 1 aliphatic heterocycles. The van der Waals surface area contributed by atoms with Gasteiger partial charge in [0.2, 0.25) is 5.91 Å². The molecule has 1 N–H and O–H groups in total. The Kier molecular flexibility index (Phi) is 4.51. The molecule has 5 nitrogen and oxygen atoms in total. The summed E-state index contributed by atoms with van der Waals surface area (Å²) < 4.78 is 5.61. The zero-order valence-corrected chi connectivity index (χ0v) is 13.4. The van der Waals surface area contributed by atoms with Crippen molar-refractivity contribution in [1.82, 2.24) is 4.90 Å². The van der Waals surface area contributed by atoms with Crippen molar-refractivity contribution in [3.05, 3.63) is 65.2 Å². The summed E-state index contributed by atoms with van der Waals surface area (Å²) in [6, 6.07) is 14.2. The van der Waals surface area contributed by atoms with Gasteiger partial charge in [0.1, 0.15) is 5.75 Å². The lowest BCUT2D eigenvalue weighted by molar-refractivity contribution is -0.132. The maximum absolute atomic E-state index is 12.8. The van der Waals surface area contributed by atoms with Crippen LogP contribution >= 0.6 is 0 Å². The lowest BCUT2D eigenvalue weighted by Gasteiger charge is -2.28. The minimum atomic E-state index is -0.954. The molecule has 0 saturated carbocycles. The average molecular weight is 325 g/mol. The van der Waals surface area contributed by atoms with E-state index in [4.69, 9.17) is 9.84 Å². The molecule has 0 fully saturated rings. The quantitative estimate of drug-likeness (QED) is 0.938. The van der Waals surface area contributed by atoms with Crippen LogP contribution in [-0.4, -0.2) is 35.5 Å². The van der Waals surface area contributed by atoms with Gasteiger partial charge in [-0.1, -0.05) is 30.3 Å². The molecule has 24 heavy (non-hydrogen) atoms. The molecule has 0 spiro atoms. The number of carbonyl (C=O) groups is 2. The second kappa shape index (κ2) is 6.74. The molecule has 1 atom stereocenters. The fourth-order valence-electron chi connectivity index (χ4n) is 2.97. The molecule has 0 radical (unpaired) electrons. The molecule has 2 aromatic rings. The highest BCUT2D eigenvalue weighted by atomic mass is 16.5. The minimum Gasteiger partial charge on any atom is -0.493 e. The first-order valence-corrected chi connectivity index (χ1v) is 7.85. The standard InChI is InChI=1S/C19H19NO4/c1-20(12-13-6-8-14(9-7-13)19(22)23)18(21)16-10-11-24-17-5-3-2-4-15(16)17/h2-9,16H,10-12H2,1H3,(H,22,23)/t16-/m1/s1. The molecular formula is C19H19NO4. The van der Waals surface area contributed by atoms with E-state index < -0.39 is 5.97 Å². The summed E-state index contributed by atoms with van der Waals surface area (Å²) in [5.41, 5.74) is 2.07. The zero-order valence-electron chi connectivity index (χ0n) is 13.4. The molecule has 0 bridgehead atoms. The normalized spacial score (nSPS) is 16.0. The number of aromatic carboxylic acids is 1. The second-order valence-electron chi connectivity index (χ2n) is 5.92. The molecular weight excluding hydrogens is 306 g/mol. The highest BCUT2D eigenvalue weighted by Gasteiger charge is 2.29. The van der Waals surface area contributed by atoms with Crippen molar-refractivity contribution < 1.29 is 19.4 Å². The lowest BCUT2D eigenvalue weighted by atomic mass is 9.92. The van der Waals surface area contributed by atoms with Gasteiger partial charge in [-0.15, -0.1) is 0 Å². The number of carboxylic acid groups (broad SMARTS) is 1. The second-order valence-corrected chi connectivity index (χ2v) is 5.92. The predicted octanol–water partition coefficient (Wildman–Crippen LogP) is 2.91. The van der Waals surface area contributed by atoms with Crippen LogP contribution < -0.4 is 4.74 Å². The van der Waals surface area contributed by atoms with Crippen LogP contribution in [0.5, 0.6) is 5.75 Å². The van der Waals surface area contributed by atoms with Crippen molar-refractivity contribution in [3.8, 4) is 5.75 Å². The van der Waals surface area contributed by atoms with Crippen LogP contribution in [0.3, 0.4) is 0 Å². The average Bonchev–Trinajstić information content (AvgIpc) is 2.61. The Labute approximate surface area is 140 Å². The van der Waals surface area contributed by atoms with Gasteiger partial charge >= 0.3 is 5.97 Å². The summed E-state index contributed by atoms with van der Waals surface area (Å²) in [6.07, 6.45) is 0.665. The van der Waals surface area contributed by atoms with Crippen LogP contribution in [-0.2, 0) is 11.3 Å². The van der Waals surface area contributed by atoms with Crippen LogP contribution in [0.25, 0.3) is 0 Å². The fourth-order valence-corrected chi connectivity index (χ4v) is 2.97. The Morgan fingerprint density at radius 2 is 1.88 bits per heavy atom. The number of para-hydroxylation sites is 1. The van der Waals surface area contributed by atoms with Gasteiger partial charge in [0.25, 0.3) is 0 Å². The first-order chi connectivity index (χ1) is 11.6. The number of benzene rings is 2. The highest BCUT2D eigenvalue weighted by Crippen LogP contribution is 2.34. The SMILES string of the molecule is CN(Cc1ccc(C(=O)O)cc1)C(=O)[C@@H]1CCOc2ccccc21. The van der Waals surface area contributed by atoms with E-state index in [2.05, 4.69) is 0 Å². The molecule has 0 aliphatic carbocycles. The number of amides is 1. The summed E-state index contributed by atoms with van der Waals surface area (Å²) in [5.74, 6) is -0.322. The van der Waals surface area contributed by atoms with Gasteiger partial charge in [-0.25, -0.2) is 4.79 Å². The number of likely N-dealkylation sites (N-methyl/N-ethyl adjacent to an activating group) is 1. The predicted molar refractivity (Wildman–Crippen MR) is 89.2 cm³/mol. The van der Waals surface area contributed by atoms with Crippen LogP contribution in [0.15, 0.2) is 48.5 Å². The molecule has 5 heteroatoms. The Bertz CT molecular complexity index is 754. The van der Waals surface area contributed by atoms with Crippen LogP contribution in [0.1, 0.15) is 33.8 Å². The molecule has 0 saturated heterocycles. The largest absolute Gasteiger partial charge is 0.493 e. The van der Waals surface area contributed by atoms with E-state index in [1.807, 2.05) is 24.3 Å². The minimum absolute atomic E-state index is 0.0491. The first kappa shape index (κ1) is 16.1. The van der Waals surface area contributed by atoms with Crippen LogP contribution in [0.2, 0.25) is 0 Å². The lowest BCUT2D eigenvalue weighted by Crippen LogP contribution is -2.33. The van der Waals surface area contributed by atoms with E-state index >= 15 is 0 Å². The third kappa shape index (κ3) is 3.25. The summed E-state index contributed by atoms with van der Waals surface area (Å²) in [6.45, 7) is 0.979. The van der Waals surface area contributed by atoms with Gasteiger partial charge in [-0.3, -0.25) is 4.79 Å². The number of rotatable bonds is 4. The Morgan fingerprint density at radius 1 is 1.17 bits per heavy atom. The molecule has 0 unspecified atom stereocenters. The van der Waals surface area contributed by atoms with Crippen molar-refractivity contribution in [1.29, 1.82) is 0 Å². The summed E-state index contributed by atoms with van der Waals surface area (Å²) >= 11 is 0. The van der Waals surface area contributed by atoms with Gasteiger partial charge in [0.05, 0.1) is 18.1 Å². The molecule has 2 aromatic carbocycles. The topological polar surface area (TPSA) is 66.8 Å². The van der Waals surface area contributed by atoms with E-state index in [0.29, 0.717) is 19.6 Å². The third-order valence-electron chi connectivity index (χ3n) is 4.25. The van der Waals surface area contributed by atoms with Crippen LogP contribution in [0.4, 0.5) is 0 Å². The maximum Gasteiger partial charge on any atom is 0.335 e. The van der Waals surface area contributed by atoms with E-state index in [-0.39, 0.29) is 17.4 Å². The Hall–Kier alpha value is -2.82. The van der Waals surface area contributed by atoms with Crippen LogP contribution in [0, 0.1) is 0 Å². The number of hydrogen-bond donors (Lipinski definition) is 1. The molecule has 1 amide bonds. The van der Waals surface area contributed by atoms with Crippen molar-refractivity contribution >= 4 is 11.9 Å². The number of carboxylic acids is 1. The third-order valence-corrected chi connectivity index (χ3v) is 4.25. The van der Waals surface area contributed by atoms with Crippen molar-refractivity contribution in [2.24, 2.45) is 0 Å². The highest BCUT2D eigenvalue weighted by molar-refractivity contribution is 5.87.